The summed E-state index contributed by atoms with van der Waals surface area (Å²) in [6, 6.07) is 5.05. The lowest BCUT2D eigenvalue weighted by molar-refractivity contribution is 0.0600. The predicted molar refractivity (Wildman–Crippen MR) is 60.0 cm³/mol. The number of halogens is 1. The van der Waals surface area contributed by atoms with Crippen LogP contribution in [-0.4, -0.2) is 26.2 Å². The van der Waals surface area contributed by atoms with Crippen molar-refractivity contribution in [1.29, 1.82) is 0 Å². The van der Waals surface area contributed by atoms with Crippen LogP contribution in [0.15, 0.2) is 22.7 Å². The minimum Gasteiger partial charge on any atom is -0.492 e. The van der Waals surface area contributed by atoms with Crippen molar-refractivity contribution < 1.29 is 14.3 Å². The highest BCUT2D eigenvalue weighted by molar-refractivity contribution is 9.10. The summed E-state index contributed by atoms with van der Waals surface area (Å²) < 4.78 is 10.7. The van der Waals surface area contributed by atoms with E-state index in [0.29, 0.717) is 24.5 Å². The van der Waals surface area contributed by atoms with E-state index in [-0.39, 0.29) is 0 Å². The Morgan fingerprint density at radius 1 is 1.47 bits per heavy atom. The van der Waals surface area contributed by atoms with Gasteiger partial charge < -0.3 is 15.2 Å². The van der Waals surface area contributed by atoms with Crippen LogP contribution in [0.25, 0.3) is 0 Å². The van der Waals surface area contributed by atoms with Gasteiger partial charge in [0.2, 0.25) is 0 Å². The molecule has 0 heterocycles. The van der Waals surface area contributed by atoms with Crippen molar-refractivity contribution in [3.05, 3.63) is 28.2 Å². The highest BCUT2D eigenvalue weighted by Crippen LogP contribution is 2.21. The summed E-state index contributed by atoms with van der Waals surface area (Å²) in [6.07, 6.45) is 0. The zero-order chi connectivity index (χ0) is 11.3. The zero-order valence-corrected chi connectivity index (χ0v) is 9.91. The number of methoxy groups -OCH3 is 1. The van der Waals surface area contributed by atoms with Crippen LogP contribution in [0.3, 0.4) is 0 Å². The molecule has 4 nitrogen and oxygen atoms in total. The van der Waals surface area contributed by atoms with Crippen LogP contribution in [-0.2, 0) is 4.74 Å². The van der Waals surface area contributed by atoms with Crippen LogP contribution in [0.1, 0.15) is 10.4 Å². The average molecular weight is 274 g/mol. The molecule has 0 atom stereocenters. The number of esters is 1. The van der Waals surface area contributed by atoms with E-state index in [4.69, 9.17) is 10.5 Å². The van der Waals surface area contributed by atoms with Crippen LogP contribution in [0.5, 0.6) is 5.75 Å². The lowest BCUT2D eigenvalue weighted by atomic mass is 10.2. The fraction of sp³-hybridized carbons (Fsp3) is 0.300. The minimum absolute atomic E-state index is 0.395. The molecule has 0 unspecified atom stereocenters. The number of hydrogen-bond donors (Lipinski definition) is 1. The highest BCUT2D eigenvalue weighted by Gasteiger charge is 2.08. The number of carbonyl (C=O) groups excluding carboxylic acids is 1. The van der Waals surface area contributed by atoms with E-state index in [0.717, 1.165) is 4.47 Å². The van der Waals surface area contributed by atoms with Crippen LogP contribution in [0, 0.1) is 0 Å². The van der Waals surface area contributed by atoms with Crippen molar-refractivity contribution in [2.45, 2.75) is 0 Å². The number of benzene rings is 1. The SMILES string of the molecule is COC(=O)c1cc(Br)cc(OCCN)c1. The highest BCUT2D eigenvalue weighted by atomic mass is 79.9. The van der Waals surface area contributed by atoms with Crippen molar-refractivity contribution in [2.24, 2.45) is 5.73 Å². The van der Waals surface area contributed by atoms with Gasteiger partial charge in [-0.1, -0.05) is 15.9 Å². The summed E-state index contributed by atoms with van der Waals surface area (Å²) in [5.41, 5.74) is 5.75. The van der Waals surface area contributed by atoms with Gasteiger partial charge in [-0.05, 0) is 18.2 Å². The molecule has 15 heavy (non-hydrogen) atoms. The second-order valence-corrected chi connectivity index (χ2v) is 3.72. The summed E-state index contributed by atoms with van der Waals surface area (Å²) in [5, 5.41) is 0. The van der Waals surface area contributed by atoms with Crippen molar-refractivity contribution in [3.63, 3.8) is 0 Å². The Morgan fingerprint density at radius 3 is 2.80 bits per heavy atom. The number of nitrogens with two attached hydrogens (primary N) is 1. The minimum atomic E-state index is -0.395. The molecule has 82 valence electrons. The lowest BCUT2D eigenvalue weighted by Gasteiger charge is -2.07. The molecular weight excluding hydrogens is 262 g/mol. The number of hydrogen-bond acceptors (Lipinski definition) is 4. The van der Waals surface area contributed by atoms with Gasteiger partial charge in [0.25, 0.3) is 0 Å². The quantitative estimate of drug-likeness (QED) is 0.847. The molecule has 0 saturated heterocycles. The summed E-state index contributed by atoms with van der Waals surface area (Å²) >= 11 is 3.28. The molecule has 5 heteroatoms. The monoisotopic (exact) mass is 273 g/mol. The predicted octanol–water partition coefficient (Wildman–Crippen LogP) is 1.57. The maximum Gasteiger partial charge on any atom is 0.338 e. The number of ether oxygens (including phenoxy) is 2. The summed E-state index contributed by atoms with van der Waals surface area (Å²) in [4.78, 5) is 11.3. The second-order valence-electron chi connectivity index (χ2n) is 2.80. The molecule has 0 saturated carbocycles. The number of rotatable bonds is 4. The van der Waals surface area contributed by atoms with Crippen molar-refractivity contribution in [3.8, 4) is 5.75 Å². The molecule has 0 aliphatic rings. The van der Waals surface area contributed by atoms with Gasteiger partial charge in [0.05, 0.1) is 12.7 Å². The van der Waals surface area contributed by atoms with Gasteiger partial charge in [0, 0.05) is 11.0 Å². The topological polar surface area (TPSA) is 61.5 Å². The van der Waals surface area contributed by atoms with E-state index < -0.39 is 5.97 Å². The van der Waals surface area contributed by atoms with Gasteiger partial charge in [-0.25, -0.2) is 4.79 Å². The number of carbonyl (C=O) groups is 1. The molecule has 0 amide bonds. The lowest BCUT2D eigenvalue weighted by Crippen LogP contribution is -2.11. The van der Waals surface area contributed by atoms with E-state index in [1.54, 1.807) is 18.2 Å². The molecule has 0 fully saturated rings. The summed E-state index contributed by atoms with van der Waals surface area (Å²) in [5.74, 6) is 0.198. The Labute approximate surface area is 96.5 Å². The first-order chi connectivity index (χ1) is 7.17. The molecule has 0 aromatic heterocycles. The fourth-order valence-corrected chi connectivity index (χ4v) is 1.53. The first-order valence-corrected chi connectivity index (χ1v) is 5.18. The van der Waals surface area contributed by atoms with Crippen molar-refractivity contribution in [2.75, 3.05) is 20.3 Å². The largest absolute Gasteiger partial charge is 0.492 e. The van der Waals surface area contributed by atoms with E-state index in [2.05, 4.69) is 20.7 Å². The molecule has 1 aromatic carbocycles. The Balaban J connectivity index is 2.89. The second kappa shape index (κ2) is 5.72. The van der Waals surface area contributed by atoms with Crippen LogP contribution < -0.4 is 10.5 Å². The van der Waals surface area contributed by atoms with Crippen LogP contribution in [0.2, 0.25) is 0 Å². The molecule has 0 spiro atoms. The van der Waals surface area contributed by atoms with Gasteiger partial charge in [-0.2, -0.15) is 0 Å². The van der Waals surface area contributed by atoms with E-state index in [9.17, 15) is 4.79 Å². The fourth-order valence-electron chi connectivity index (χ4n) is 1.06. The first kappa shape index (κ1) is 12.0. The molecule has 0 aliphatic heterocycles. The molecule has 2 N–H and O–H groups in total. The molecule has 0 aliphatic carbocycles. The molecule has 0 bridgehead atoms. The molecule has 1 rings (SSSR count). The summed E-state index contributed by atoms with van der Waals surface area (Å²) in [7, 11) is 1.34. The Hall–Kier alpha value is -1.07. The Kier molecular flexibility index (Phi) is 4.58. The first-order valence-electron chi connectivity index (χ1n) is 4.39. The maximum atomic E-state index is 11.3. The van der Waals surface area contributed by atoms with Gasteiger partial charge in [-0.15, -0.1) is 0 Å². The van der Waals surface area contributed by atoms with Gasteiger partial charge in [0.1, 0.15) is 12.4 Å². The molecular formula is C10H12BrNO3. The third-order valence-electron chi connectivity index (χ3n) is 1.68. The Bertz CT molecular complexity index is 355. The molecule has 0 radical (unpaired) electrons. The summed E-state index contributed by atoms with van der Waals surface area (Å²) in [6.45, 7) is 0.844. The molecule has 1 aromatic rings. The average Bonchev–Trinajstić information content (AvgIpc) is 2.24. The van der Waals surface area contributed by atoms with E-state index >= 15 is 0 Å². The smallest absolute Gasteiger partial charge is 0.338 e. The van der Waals surface area contributed by atoms with Crippen LogP contribution >= 0.6 is 15.9 Å². The standard InChI is InChI=1S/C10H12BrNO3/c1-14-10(13)7-4-8(11)6-9(5-7)15-3-2-12/h4-6H,2-3,12H2,1H3. The zero-order valence-electron chi connectivity index (χ0n) is 8.33. The van der Waals surface area contributed by atoms with Crippen LogP contribution in [0.4, 0.5) is 0 Å². The third-order valence-corrected chi connectivity index (χ3v) is 2.14. The van der Waals surface area contributed by atoms with E-state index in [1.165, 1.54) is 7.11 Å². The van der Waals surface area contributed by atoms with Gasteiger partial charge in [-0.3, -0.25) is 0 Å². The Morgan fingerprint density at radius 2 is 2.20 bits per heavy atom. The van der Waals surface area contributed by atoms with Gasteiger partial charge in [0.15, 0.2) is 0 Å². The van der Waals surface area contributed by atoms with Gasteiger partial charge >= 0.3 is 5.97 Å². The normalized spacial score (nSPS) is 9.80. The third kappa shape index (κ3) is 3.53. The van der Waals surface area contributed by atoms with E-state index in [1.807, 2.05) is 0 Å². The maximum absolute atomic E-state index is 11.3. The van der Waals surface area contributed by atoms with Crippen molar-refractivity contribution >= 4 is 21.9 Å². The van der Waals surface area contributed by atoms with Crippen molar-refractivity contribution in [1.82, 2.24) is 0 Å².